The molecule has 0 bridgehead atoms. The summed E-state index contributed by atoms with van der Waals surface area (Å²) >= 11 is 0. The fourth-order valence-electron chi connectivity index (χ4n) is 1.89. The van der Waals surface area contributed by atoms with Crippen LogP contribution in [0.25, 0.3) is 0 Å². The summed E-state index contributed by atoms with van der Waals surface area (Å²) in [5.41, 5.74) is 6.13. The molecule has 0 saturated carbocycles. The van der Waals surface area contributed by atoms with E-state index in [1.807, 2.05) is 18.9 Å². The molecular weight excluding hydrogens is 195 g/mol. The van der Waals surface area contributed by atoms with Gasteiger partial charge in [0.25, 0.3) is 0 Å². The van der Waals surface area contributed by atoms with Crippen LogP contribution in [0.5, 0.6) is 5.75 Å². The highest BCUT2D eigenvalue weighted by atomic mass is 19.1. The number of halogens is 1. The molecule has 0 aliphatic carbocycles. The Balaban J connectivity index is 2.45. The maximum Gasteiger partial charge on any atom is 0.150 e. The first-order valence-corrected chi connectivity index (χ1v) is 5.03. The highest BCUT2D eigenvalue weighted by Crippen LogP contribution is 2.36. The zero-order valence-corrected chi connectivity index (χ0v) is 8.90. The number of nitrogens with zero attached hydrogens (tertiary/aromatic N) is 1. The molecule has 0 fully saturated rings. The molecule has 0 amide bonds. The van der Waals surface area contributed by atoms with Gasteiger partial charge in [-0.3, -0.25) is 0 Å². The lowest BCUT2D eigenvalue weighted by Crippen LogP contribution is -2.49. The lowest BCUT2D eigenvalue weighted by Gasteiger charge is -2.39. The van der Waals surface area contributed by atoms with Crippen LogP contribution in [0, 0.1) is 5.82 Å². The number of rotatable bonds is 1. The summed E-state index contributed by atoms with van der Waals surface area (Å²) in [6.07, 6.45) is -0.0794. The van der Waals surface area contributed by atoms with Crippen molar-refractivity contribution in [2.75, 3.05) is 18.5 Å². The number of nitrogens with two attached hydrogens (primary N) is 1. The van der Waals surface area contributed by atoms with E-state index in [-0.39, 0.29) is 18.0 Å². The summed E-state index contributed by atoms with van der Waals surface area (Å²) in [6, 6.07) is 4.93. The monoisotopic (exact) mass is 210 g/mol. The fraction of sp³-hybridized carbons (Fsp3) is 0.455. The molecule has 1 aromatic carbocycles. The van der Waals surface area contributed by atoms with E-state index in [0.717, 1.165) is 0 Å². The Labute approximate surface area is 88.6 Å². The molecule has 0 saturated heterocycles. The largest absolute Gasteiger partial charge is 0.485 e. The molecule has 82 valence electrons. The molecule has 3 nitrogen and oxygen atoms in total. The third kappa shape index (κ3) is 1.55. The first-order chi connectivity index (χ1) is 7.15. The zero-order valence-electron chi connectivity index (χ0n) is 8.90. The molecule has 0 radical (unpaired) electrons. The van der Waals surface area contributed by atoms with E-state index >= 15 is 0 Å². The molecule has 2 rings (SSSR count). The zero-order chi connectivity index (χ0) is 11.0. The average molecular weight is 210 g/mol. The van der Waals surface area contributed by atoms with E-state index in [1.165, 1.54) is 6.07 Å². The van der Waals surface area contributed by atoms with Gasteiger partial charge >= 0.3 is 0 Å². The minimum Gasteiger partial charge on any atom is -0.485 e. The maximum absolute atomic E-state index is 13.6. The van der Waals surface area contributed by atoms with Crippen molar-refractivity contribution in [3.05, 3.63) is 24.0 Å². The van der Waals surface area contributed by atoms with Crippen molar-refractivity contribution >= 4 is 5.69 Å². The minimum atomic E-state index is -0.252. The topological polar surface area (TPSA) is 38.5 Å². The van der Waals surface area contributed by atoms with E-state index in [9.17, 15) is 4.39 Å². The number of likely N-dealkylation sites (N-methyl/N-ethyl adjacent to an activating group) is 1. The predicted molar refractivity (Wildman–Crippen MR) is 57.7 cm³/mol. The quantitative estimate of drug-likeness (QED) is 0.760. The molecule has 1 aliphatic heterocycles. The number of benzene rings is 1. The van der Waals surface area contributed by atoms with Crippen molar-refractivity contribution in [3.63, 3.8) is 0 Å². The van der Waals surface area contributed by atoms with E-state index in [0.29, 0.717) is 18.0 Å². The highest BCUT2D eigenvalue weighted by Gasteiger charge is 2.31. The Hall–Kier alpha value is -1.29. The van der Waals surface area contributed by atoms with Crippen molar-refractivity contribution in [1.29, 1.82) is 0 Å². The first kappa shape index (κ1) is 10.2. The van der Waals surface area contributed by atoms with Crippen molar-refractivity contribution in [1.82, 2.24) is 0 Å². The Kier molecular flexibility index (Phi) is 2.52. The summed E-state index contributed by atoms with van der Waals surface area (Å²) in [5.74, 6) is 0.323. The van der Waals surface area contributed by atoms with Gasteiger partial charge in [0.15, 0.2) is 0 Å². The van der Waals surface area contributed by atoms with Crippen LogP contribution in [0.1, 0.15) is 6.92 Å². The maximum atomic E-state index is 13.6. The van der Waals surface area contributed by atoms with Crippen molar-refractivity contribution in [3.8, 4) is 5.75 Å². The average Bonchev–Trinajstić information content (AvgIpc) is 2.23. The molecule has 2 atom stereocenters. The number of fused-ring (bicyclic) bond motifs is 1. The van der Waals surface area contributed by atoms with Crippen LogP contribution < -0.4 is 15.4 Å². The van der Waals surface area contributed by atoms with Gasteiger partial charge in [0.05, 0.1) is 6.04 Å². The van der Waals surface area contributed by atoms with Gasteiger partial charge in [0.1, 0.15) is 23.4 Å². The second-order valence-corrected chi connectivity index (χ2v) is 3.83. The van der Waals surface area contributed by atoms with Crippen LogP contribution in [0.15, 0.2) is 18.2 Å². The lowest BCUT2D eigenvalue weighted by molar-refractivity contribution is 0.167. The molecule has 1 aliphatic rings. The van der Waals surface area contributed by atoms with Crippen LogP contribution in [0.4, 0.5) is 10.1 Å². The molecule has 1 aromatic rings. The van der Waals surface area contributed by atoms with Gasteiger partial charge < -0.3 is 15.4 Å². The standard InChI is InChI=1S/C11H15FN2O/c1-7-10(6-13)15-9-5-3-4-8(12)11(9)14(7)2/h3-5,7,10H,6,13H2,1-2H3. The normalized spacial score (nSPS) is 24.7. The minimum absolute atomic E-state index is 0.0794. The van der Waals surface area contributed by atoms with Crippen LogP contribution >= 0.6 is 0 Å². The fourth-order valence-corrected chi connectivity index (χ4v) is 1.89. The molecule has 2 N–H and O–H groups in total. The number of ether oxygens (including phenoxy) is 1. The molecular formula is C11H15FN2O. The van der Waals surface area contributed by atoms with Crippen molar-refractivity contribution in [2.24, 2.45) is 5.73 Å². The van der Waals surface area contributed by atoms with E-state index < -0.39 is 0 Å². The van der Waals surface area contributed by atoms with Gasteiger partial charge in [-0.15, -0.1) is 0 Å². The van der Waals surface area contributed by atoms with Crippen LogP contribution in [0.2, 0.25) is 0 Å². The number of hydrogen-bond donors (Lipinski definition) is 1. The predicted octanol–water partition coefficient (Wildman–Crippen LogP) is 1.37. The van der Waals surface area contributed by atoms with Crippen LogP contribution in [-0.4, -0.2) is 25.7 Å². The highest BCUT2D eigenvalue weighted by molar-refractivity contribution is 5.61. The van der Waals surface area contributed by atoms with E-state index in [2.05, 4.69) is 0 Å². The SMILES string of the molecule is CC1C(CN)Oc2cccc(F)c2N1C. The summed E-state index contributed by atoms with van der Waals surface area (Å²) in [6.45, 7) is 2.41. The number of para-hydroxylation sites is 1. The Morgan fingerprint density at radius 3 is 2.93 bits per heavy atom. The second kappa shape index (κ2) is 3.70. The molecule has 2 unspecified atom stereocenters. The third-order valence-corrected chi connectivity index (χ3v) is 2.96. The summed E-state index contributed by atoms with van der Waals surface area (Å²) < 4.78 is 19.2. The lowest BCUT2D eigenvalue weighted by atomic mass is 10.1. The van der Waals surface area contributed by atoms with Crippen molar-refractivity contribution in [2.45, 2.75) is 19.1 Å². The number of hydrogen-bond acceptors (Lipinski definition) is 3. The van der Waals surface area contributed by atoms with E-state index in [4.69, 9.17) is 10.5 Å². The molecule has 15 heavy (non-hydrogen) atoms. The Morgan fingerprint density at radius 1 is 1.53 bits per heavy atom. The number of anilines is 1. The molecule has 1 heterocycles. The summed E-state index contributed by atoms with van der Waals surface area (Å²) in [4.78, 5) is 1.88. The molecule has 0 spiro atoms. The summed E-state index contributed by atoms with van der Waals surface area (Å²) in [5, 5.41) is 0. The van der Waals surface area contributed by atoms with E-state index in [1.54, 1.807) is 12.1 Å². The molecule has 0 aromatic heterocycles. The van der Waals surface area contributed by atoms with Gasteiger partial charge in [-0.05, 0) is 19.1 Å². The smallest absolute Gasteiger partial charge is 0.150 e. The van der Waals surface area contributed by atoms with Gasteiger partial charge in [-0.1, -0.05) is 6.07 Å². The van der Waals surface area contributed by atoms with Crippen LogP contribution in [0.3, 0.4) is 0 Å². The van der Waals surface area contributed by atoms with Gasteiger partial charge in [-0.25, -0.2) is 4.39 Å². The first-order valence-electron chi connectivity index (χ1n) is 5.03. The Morgan fingerprint density at radius 2 is 2.27 bits per heavy atom. The Bertz CT molecular complexity index is 370. The van der Waals surface area contributed by atoms with Gasteiger partial charge in [-0.2, -0.15) is 0 Å². The summed E-state index contributed by atoms with van der Waals surface area (Å²) in [7, 11) is 1.86. The third-order valence-electron chi connectivity index (χ3n) is 2.96. The second-order valence-electron chi connectivity index (χ2n) is 3.83. The van der Waals surface area contributed by atoms with Gasteiger partial charge in [0.2, 0.25) is 0 Å². The van der Waals surface area contributed by atoms with Gasteiger partial charge in [0, 0.05) is 13.6 Å². The van der Waals surface area contributed by atoms with Crippen LogP contribution in [-0.2, 0) is 0 Å². The van der Waals surface area contributed by atoms with Crippen molar-refractivity contribution < 1.29 is 9.13 Å². The molecule has 4 heteroatoms.